The molecule has 2 aromatic rings. The van der Waals surface area contributed by atoms with Gasteiger partial charge in [0.25, 0.3) is 0 Å². The van der Waals surface area contributed by atoms with Gasteiger partial charge in [0.2, 0.25) is 0 Å². The van der Waals surface area contributed by atoms with Gasteiger partial charge < -0.3 is 4.42 Å². The number of rotatable bonds is 5. The standard InChI is InChI=1S/C19H22FNO5S/c1-21(25-2)19(22)18-15(11-13-3-5-16(20)6-4-13)12-17(26-18)14-7-9-27(23,24)10-8-14/h3-6,12,14H,7-11H2,1-2H3. The van der Waals surface area contributed by atoms with Crippen LogP contribution in [-0.4, -0.2) is 45.1 Å². The van der Waals surface area contributed by atoms with E-state index < -0.39 is 15.7 Å². The van der Waals surface area contributed by atoms with Crippen molar-refractivity contribution in [1.29, 1.82) is 0 Å². The number of nitrogens with zero attached hydrogens (tertiary/aromatic N) is 1. The highest BCUT2D eigenvalue weighted by atomic mass is 32.2. The fourth-order valence-corrected chi connectivity index (χ4v) is 4.68. The Kier molecular flexibility index (Phi) is 5.67. The van der Waals surface area contributed by atoms with Crippen LogP contribution in [0.15, 0.2) is 34.7 Å². The summed E-state index contributed by atoms with van der Waals surface area (Å²) in [6.07, 6.45) is 1.34. The summed E-state index contributed by atoms with van der Waals surface area (Å²) in [5, 5.41) is 1.07. The normalized spacial score (nSPS) is 17.0. The number of furan rings is 1. The molecule has 0 bridgehead atoms. The van der Waals surface area contributed by atoms with Crippen molar-refractivity contribution >= 4 is 15.7 Å². The number of carbonyl (C=O) groups excluding carboxylic acids is 1. The quantitative estimate of drug-likeness (QED) is 0.728. The lowest BCUT2D eigenvalue weighted by atomic mass is 9.98. The summed E-state index contributed by atoms with van der Waals surface area (Å²) in [6.45, 7) is 0. The smallest absolute Gasteiger partial charge is 0.313 e. The molecule has 0 atom stereocenters. The van der Waals surface area contributed by atoms with E-state index in [1.165, 1.54) is 26.3 Å². The fraction of sp³-hybridized carbons (Fsp3) is 0.421. The van der Waals surface area contributed by atoms with Gasteiger partial charge in [0.1, 0.15) is 21.4 Å². The van der Waals surface area contributed by atoms with Gasteiger partial charge in [-0.3, -0.25) is 9.63 Å². The predicted molar refractivity (Wildman–Crippen MR) is 97.6 cm³/mol. The van der Waals surface area contributed by atoms with E-state index in [0.29, 0.717) is 30.6 Å². The molecule has 0 N–H and O–H groups in total. The van der Waals surface area contributed by atoms with Crippen molar-refractivity contribution < 1.29 is 26.9 Å². The Bertz CT molecular complexity index is 906. The van der Waals surface area contributed by atoms with E-state index in [-0.39, 0.29) is 29.0 Å². The molecule has 0 radical (unpaired) electrons. The average Bonchev–Trinajstić information content (AvgIpc) is 3.06. The van der Waals surface area contributed by atoms with Crippen LogP contribution in [0.25, 0.3) is 0 Å². The van der Waals surface area contributed by atoms with Gasteiger partial charge in [-0.2, -0.15) is 0 Å². The van der Waals surface area contributed by atoms with E-state index in [1.807, 2.05) is 6.07 Å². The fourth-order valence-electron chi connectivity index (χ4n) is 3.19. The second-order valence-electron chi connectivity index (χ2n) is 6.72. The monoisotopic (exact) mass is 395 g/mol. The Morgan fingerprint density at radius 3 is 2.48 bits per heavy atom. The highest BCUT2D eigenvalue weighted by molar-refractivity contribution is 7.91. The zero-order valence-electron chi connectivity index (χ0n) is 15.3. The van der Waals surface area contributed by atoms with Crippen LogP contribution in [0.1, 0.15) is 46.2 Å². The molecule has 3 rings (SSSR count). The lowest BCUT2D eigenvalue weighted by Gasteiger charge is -2.19. The third-order valence-electron chi connectivity index (χ3n) is 4.85. The maximum atomic E-state index is 13.1. The second-order valence-corrected chi connectivity index (χ2v) is 9.02. The number of sulfone groups is 1. The molecule has 27 heavy (non-hydrogen) atoms. The number of benzene rings is 1. The molecule has 1 aromatic carbocycles. The molecular formula is C19H22FNO5S. The van der Waals surface area contributed by atoms with Crippen molar-refractivity contribution in [3.63, 3.8) is 0 Å². The molecule has 0 spiro atoms. The van der Waals surface area contributed by atoms with Crippen LogP contribution >= 0.6 is 0 Å². The number of hydrogen-bond donors (Lipinski definition) is 0. The van der Waals surface area contributed by atoms with Crippen LogP contribution in [0.5, 0.6) is 0 Å². The SMILES string of the molecule is CON(C)C(=O)c1oc(C2CCS(=O)(=O)CC2)cc1Cc1ccc(F)cc1. The van der Waals surface area contributed by atoms with E-state index in [4.69, 9.17) is 9.25 Å². The molecule has 146 valence electrons. The van der Waals surface area contributed by atoms with Gasteiger partial charge in [0.05, 0.1) is 18.6 Å². The molecule has 0 aliphatic carbocycles. The maximum absolute atomic E-state index is 13.1. The van der Waals surface area contributed by atoms with E-state index in [0.717, 1.165) is 10.6 Å². The lowest BCUT2D eigenvalue weighted by molar-refractivity contribution is -0.0775. The van der Waals surface area contributed by atoms with E-state index >= 15 is 0 Å². The molecule has 1 saturated heterocycles. The molecule has 0 unspecified atom stereocenters. The zero-order valence-corrected chi connectivity index (χ0v) is 16.1. The molecule has 6 nitrogen and oxygen atoms in total. The summed E-state index contributed by atoms with van der Waals surface area (Å²) in [4.78, 5) is 17.6. The van der Waals surface area contributed by atoms with Crippen LogP contribution in [0, 0.1) is 5.82 Å². The Balaban J connectivity index is 1.91. The van der Waals surface area contributed by atoms with Gasteiger partial charge in [-0.25, -0.2) is 17.9 Å². The number of hydroxylamine groups is 2. The first kappa shape index (κ1) is 19.6. The molecule has 0 saturated carbocycles. The lowest BCUT2D eigenvalue weighted by Crippen LogP contribution is -2.26. The summed E-state index contributed by atoms with van der Waals surface area (Å²) in [6, 6.07) is 7.85. The summed E-state index contributed by atoms with van der Waals surface area (Å²) in [7, 11) is -0.118. The minimum atomic E-state index is -2.99. The average molecular weight is 395 g/mol. The predicted octanol–water partition coefficient (Wildman–Crippen LogP) is 2.94. The first-order chi connectivity index (χ1) is 12.8. The number of hydrogen-bond acceptors (Lipinski definition) is 5. The first-order valence-corrected chi connectivity index (χ1v) is 10.5. The van der Waals surface area contributed by atoms with Gasteiger partial charge in [0, 0.05) is 24.9 Å². The van der Waals surface area contributed by atoms with Gasteiger partial charge in [0.15, 0.2) is 5.76 Å². The summed E-state index contributed by atoms with van der Waals surface area (Å²) in [5.74, 6) is 0.200. The van der Waals surface area contributed by atoms with Crippen LogP contribution in [-0.2, 0) is 21.1 Å². The van der Waals surface area contributed by atoms with Crippen molar-refractivity contribution in [1.82, 2.24) is 5.06 Å². The highest BCUT2D eigenvalue weighted by Crippen LogP contribution is 2.33. The summed E-state index contributed by atoms with van der Waals surface area (Å²) in [5.41, 5.74) is 1.50. The Morgan fingerprint density at radius 2 is 1.89 bits per heavy atom. The zero-order chi connectivity index (χ0) is 19.6. The van der Waals surface area contributed by atoms with E-state index in [9.17, 15) is 17.6 Å². The number of halogens is 1. The molecule has 1 amide bonds. The van der Waals surface area contributed by atoms with Gasteiger partial charge in [-0.15, -0.1) is 0 Å². The highest BCUT2D eigenvalue weighted by Gasteiger charge is 2.30. The third kappa shape index (κ3) is 4.56. The molecule has 1 fully saturated rings. The van der Waals surface area contributed by atoms with Gasteiger partial charge in [-0.1, -0.05) is 12.1 Å². The van der Waals surface area contributed by atoms with Crippen LogP contribution in [0.2, 0.25) is 0 Å². The van der Waals surface area contributed by atoms with Crippen LogP contribution < -0.4 is 0 Å². The molecular weight excluding hydrogens is 373 g/mol. The first-order valence-electron chi connectivity index (χ1n) is 8.68. The van der Waals surface area contributed by atoms with Crippen LogP contribution in [0.3, 0.4) is 0 Å². The van der Waals surface area contributed by atoms with Crippen molar-refractivity contribution in [2.24, 2.45) is 0 Å². The van der Waals surface area contributed by atoms with Crippen molar-refractivity contribution in [2.45, 2.75) is 25.2 Å². The van der Waals surface area contributed by atoms with Crippen LogP contribution in [0.4, 0.5) is 4.39 Å². The largest absolute Gasteiger partial charge is 0.455 e. The van der Waals surface area contributed by atoms with E-state index in [2.05, 4.69) is 0 Å². The second kappa shape index (κ2) is 7.82. The molecule has 1 aliphatic heterocycles. The minimum absolute atomic E-state index is 0.0464. The molecule has 2 heterocycles. The van der Waals surface area contributed by atoms with Crippen molar-refractivity contribution in [3.05, 3.63) is 58.8 Å². The summed E-state index contributed by atoms with van der Waals surface area (Å²) < 4.78 is 42.3. The van der Waals surface area contributed by atoms with Crippen molar-refractivity contribution in [3.8, 4) is 0 Å². The Hall–Kier alpha value is -2.19. The minimum Gasteiger partial charge on any atom is -0.455 e. The summed E-state index contributed by atoms with van der Waals surface area (Å²) >= 11 is 0. The number of amides is 1. The number of carbonyl (C=O) groups is 1. The Morgan fingerprint density at radius 1 is 1.26 bits per heavy atom. The van der Waals surface area contributed by atoms with Crippen molar-refractivity contribution in [2.75, 3.05) is 25.7 Å². The maximum Gasteiger partial charge on any atom is 0.313 e. The van der Waals surface area contributed by atoms with Gasteiger partial charge >= 0.3 is 5.91 Å². The third-order valence-corrected chi connectivity index (χ3v) is 6.56. The van der Waals surface area contributed by atoms with Gasteiger partial charge in [-0.05, 0) is 36.6 Å². The van der Waals surface area contributed by atoms with E-state index in [1.54, 1.807) is 12.1 Å². The molecule has 1 aromatic heterocycles. The molecule has 8 heteroatoms. The Labute approximate surface area is 157 Å². The topological polar surface area (TPSA) is 76.8 Å². The molecule has 1 aliphatic rings.